The molecule has 15 rings (SSSR count). The number of fused-ring (bicyclic) bond motifs is 22. The molecule has 1 spiro atoms. The minimum Gasteiger partial charge on any atom is -0.456 e. The molecule has 5 heterocycles. The van der Waals surface area contributed by atoms with Crippen molar-refractivity contribution in [3.8, 4) is 22.3 Å². The Hall–Kier alpha value is -7.30. The van der Waals surface area contributed by atoms with Crippen LogP contribution in [0.15, 0.2) is 180 Å². The van der Waals surface area contributed by atoms with Crippen LogP contribution in [0.5, 0.6) is 0 Å². The minimum absolute atomic E-state index is 0.0887. The molecule has 0 atom stereocenters. The second-order valence-electron chi connectivity index (χ2n) is 16.3. The normalized spacial score (nSPS) is 14.7. The van der Waals surface area contributed by atoms with E-state index in [1.807, 2.05) is 0 Å². The van der Waals surface area contributed by atoms with Gasteiger partial charge in [-0.25, -0.2) is 0 Å². The average Bonchev–Trinajstić information content (AvgIpc) is 3.92. The fraction of sp³-hybridized carbons (Fsp3) is 0.0189. The quantitative estimate of drug-likeness (QED) is 0.146. The summed E-state index contributed by atoms with van der Waals surface area (Å²) in [6.07, 6.45) is 0. The van der Waals surface area contributed by atoms with E-state index in [2.05, 4.69) is 185 Å². The van der Waals surface area contributed by atoms with E-state index in [1.165, 1.54) is 110 Å². The van der Waals surface area contributed by atoms with E-state index in [1.54, 1.807) is 0 Å². The monoisotopic (exact) mass is 720 g/mol. The molecular weight excluding hydrogens is 691 g/mol. The lowest BCUT2D eigenvalue weighted by molar-refractivity contribution is 0.669. The smallest absolute Gasteiger partial charge is 0.333 e. The standard InChI is InChI=1S/C53H29BN2O/c1-2-14-31-30(13-1)27-28-36-34-18-11-19-35-38-29-46-47(37-17-5-10-26-45(37)57-46)52-48(38)54(56(49(31)36)50(34)35)43-24-12-23-42-51(43)55(52)44-25-9-8-22-41(44)53(42)39-20-6-3-15-32(39)33-16-4-7-21-40(33)53/h1-29H. The maximum Gasteiger partial charge on any atom is 0.333 e. The van der Waals surface area contributed by atoms with Crippen LogP contribution < -0.4 is 15.8 Å². The number of hydrogen-bond acceptors (Lipinski definition) is 2. The van der Waals surface area contributed by atoms with Gasteiger partial charge in [0.1, 0.15) is 11.2 Å². The maximum absolute atomic E-state index is 6.89. The summed E-state index contributed by atoms with van der Waals surface area (Å²) in [6.45, 7) is -0.0887. The second kappa shape index (κ2) is 9.73. The summed E-state index contributed by atoms with van der Waals surface area (Å²) in [5.74, 6) is 0. The largest absolute Gasteiger partial charge is 0.456 e. The van der Waals surface area contributed by atoms with Crippen LogP contribution in [0, 0.1) is 0 Å². The topological polar surface area (TPSA) is 21.3 Å². The first-order valence-corrected chi connectivity index (χ1v) is 20.0. The minimum atomic E-state index is -0.508. The lowest BCUT2D eigenvalue weighted by atomic mass is 9.43. The Kier molecular flexibility index (Phi) is 4.96. The molecule has 0 bridgehead atoms. The number of nitrogens with zero attached hydrogens (tertiary/aromatic N) is 2. The van der Waals surface area contributed by atoms with Crippen LogP contribution in [0.4, 0.5) is 17.1 Å². The summed E-state index contributed by atoms with van der Waals surface area (Å²) in [4.78, 5) is 2.64. The molecule has 3 aliphatic heterocycles. The summed E-state index contributed by atoms with van der Waals surface area (Å²) >= 11 is 0. The van der Waals surface area contributed by atoms with Gasteiger partial charge in [-0.15, -0.1) is 0 Å². The molecule has 1 aliphatic carbocycles. The van der Waals surface area contributed by atoms with E-state index in [-0.39, 0.29) is 6.85 Å². The molecule has 0 fully saturated rings. The zero-order chi connectivity index (χ0) is 36.7. The molecule has 4 aliphatic rings. The highest BCUT2D eigenvalue weighted by Gasteiger charge is 2.55. The van der Waals surface area contributed by atoms with Crippen LogP contribution in [0.3, 0.4) is 0 Å². The summed E-state index contributed by atoms with van der Waals surface area (Å²) < 4.78 is 9.61. The van der Waals surface area contributed by atoms with E-state index in [4.69, 9.17) is 4.42 Å². The SMILES string of the molecule is c1ccc2c(c1)-c1ccccc1C21c2ccccc2N2c3c(cccc31)B1c3c(cc4oc5ccccc5c4c32)-c2cccc3c4ccc5ccccc5c4n1c23. The van der Waals surface area contributed by atoms with Gasteiger partial charge in [0.25, 0.3) is 0 Å². The van der Waals surface area contributed by atoms with Crippen molar-refractivity contribution in [3.63, 3.8) is 0 Å². The van der Waals surface area contributed by atoms with Crippen molar-refractivity contribution in [3.05, 3.63) is 198 Å². The fourth-order valence-electron chi connectivity index (χ4n) is 12.0. The Bertz CT molecular complexity index is 3640. The third-order valence-corrected chi connectivity index (χ3v) is 13.9. The first-order chi connectivity index (χ1) is 28.3. The number of anilines is 3. The predicted molar refractivity (Wildman–Crippen MR) is 236 cm³/mol. The van der Waals surface area contributed by atoms with Crippen molar-refractivity contribution in [1.82, 2.24) is 4.48 Å². The number of furan rings is 1. The lowest BCUT2D eigenvalue weighted by Gasteiger charge is -2.49. The molecule has 0 amide bonds. The Labute approximate surface area is 327 Å². The van der Waals surface area contributed by atoms with E-state index in [0.717, 1.165) is 16.6 Å². The lowest BCUT2D eigenvalue weighted by Crippen LogP contribution is -2.58. The van der Waals surface area contributed by atoms with Crippen LogP contribution in [0.1, 0.15) is 22.3 Å². The average molecular weight is 721 g/mol. The van der Waals surface area contributed by atoms with Crippen molar-refractivity contribution in [2.24, 2.45) is 0 Å². The molecule has 4 heteroatoms. The van der Waals surface area contributed by atoms with Gasteiger partial charge in [0.15, 0.2) is 0 Å². The van der Waals surface area contributed by atoms with E-state index < -0.39 is 5.41 Å². The molecule has 57 heavy (non-hydrogen) atoms. The number of benzene rings is 9. The van der Waals surface area contributed by atoms with Gasteiger partial charge in [-0.3, -0.25) is 0 Å². The Morgan fingerprint density at radius 2 is 1.09 bits per heavy atom. The van der Waals surface area contributed by atoms with E-state index >= 15 is 0 Å². The summed E-state index contributed by atoms with van der Waals surface area (Å²) in [5.41, 5.74) is 20.7. The predicted octanol–water partition coefficient (Wildman–Crippen LogP) is 11.9. The summed E-state index contributed by atoms with van der Waals surface area (Å²) in [7, 11) is 0. The van der Waals surface area contributed by atoms with Crippen LogP contribution in [0.25, 0.3) is 76.8 Å². The molecule has 0 saturated carbocycles. The van der Waals surface area contributed by atoms with Gasteiger partial charge in [0.05, 0.1) is 22.2 Å². The summed E-state index contributed by atoms with van der Waals surface area (Å²) in [6, 6.07) is 66.1. The van der Waals surface area contributed by atoms with Gasteiger partial charge < -0.3 is 13.8 Å². The van der Waals surface area contributed by atoms with Gasteiger partial charge in [0, 0.05) is 43.8 Å². The second-order valence-corrected chi connectivity index (χ2v) is 16.3. The molecule has 0 radical (unpaired) electrons. The number of aromatic nitrogens is 1. The number of hydrogen-bond donors (Lipinski definition) is 0. The van der Waals surface area contributed by atoms with Gasteiger partial charge in [0.2, 0.25) is 0 Å². The number of para-hydroxylation sites is 4. The molecule has 0 unspecified atom stereocenters. The molecule has 0 N–H and O–H groups in total. The molecule has 3 nitrogen and oxygen atoms in total. The molecule has 260 valence electrons. The van der Waals surface area contributed by atoms with Gasteiger partial charge in [-0.1, -0.05) is 158 Å². The highest BCUT2D eigenvalue weighted by molar-refractivity contribution is 6.90. The van der Waals surface area contributed by atoms with Crippen molar-refractivity contribution in [1.29, 1.82) is 0 Å². The zero-order valence-electron chi connectivity index (χ0n) is 30.6. The van der Waals surface area contributed by atoms with Crippen LogP contribution in [0.2, 0.25) is 0 Å². The van der Waals surface area contributed by atoms with Crippen molar-refractivity contribution in [2.75, 3.05) is 4.90 Å². The van der Waals surface area contributed by atoms with E-state index in [0.29, 0.717) is 0 Å². The fourth-order valence-corrected chi connectivity index (χ4v) is 12.0. The van der Waals surface area contributed by atoms with Gasteiger partial charge in [-0.05, 0) is 73.5 Å². The Morgan fingerprint density at radius 1 is 0.439 bits per heavy atom. The third kappa shape index (κ3) is 3.11. The molecule has 0 saturated heterocycles. The molecule has 9 aromatic carbocycles. The zero-order valence-corrected chi connectivity index (χ0v) is 30.6. The van der Waals surface area contributed by atoms with Crippen molar-refractivity contribution >= 4 is 89.4 Å². The molecule has 2 aromatic heterocycles. The van der Waals surface area contributed by atoms with Gasteiger partial charge in [-0.2, -0.15) is 0 Å². The van der Waals surface area contributed by atoms with Crippen molar-refractivity contribution in [2.45, 2.75) is 5.41 Å². The third-order valence-electron chi connectivity index (χ3n) is 13.9. The van der Waals surface area contributed by atoms with Gasteiger partial charge >= 0.3 is 6.85 Å². The first kappa shape index (κ1) is 29.1. The maximum atomic E-state index is 6.89. The van der Waals surface area contributed by atoms with Crippen LogP contribution in [-0.4, -0.2) is 11.3 Å². The summed E-state index contributed by atoms with van der Waals surface area (Å²) in [5, 5.41) is 7.44. The van der Waals surface area contributed by atoms with E-state index in [9.17, 15) is 0 Å². The first-order valence-electron chi connectivity index (χ1n) is 20.0. The van der Waals surface area contributed by atoms with Crippen molar-refractivity contribution < 1.29 is 4.42 Å². The number of rotatable bonds is 0. The van der Waals surface area contributed by atoms with Crippen LogP contribution in [-0.2, 0) is 5.41 Å². The van der Waals surface area contributed by atoms with Crippen LogP contribution >= 0.6 is 0 Å². The molecule has 11 aromatic rings. The Balaban J connectivity index is 1.21. The highest BCUT2D eigenvalue weighted by Crippen LogP contribution is 2.64. The molecular formula is C53H29BN2O. The highest BCUT2D eigenvalue weighted by atomic mass is 16.3. The Morgan fingerprint density at radius 3 is 1.95 bits per heavy atom.